The molecule has 1 aromatic carbocycles. The van der Waals surface area contributed by atoms with E-state index in [1.54, 1.807) is 13.3 Å². The zero-order valence-electron chi connectivity index (χ0n) is 15.5. The van der Waals surface area contributed by atoms with Crippen LogP contribution in [0.3, 0.4) is 0 Å². The Hall–Kier alpha value is -2.10. The van der Waals surface area contributed by atoms with Gasteiger partial charge in [-0.25, -0.2) is 0 Å². The van der Waals surface area contributed by atoms with Gasteiger partial charge < -0.3 is 24.3 Å². The van der Waals surface area contributed by atoms with Crippen LogP contribution in [0.5, 0.6) is 17.2 Å². The SMILES string of the molecule is COc1cc(/C=N\NC(=S)NCCCN2CCOCC2)cc2c1OCCO2. The van der Waals surface area contributed by atoms with Crippen LogP contribution in [0.15, 0.2) is 17.2 Å². The van der Waals surface area contributed by atoms with Gasteiger partial charge in [0.25, 0.3) is 0 Å². The molecule has 1 saturated heterocycles. The number of hydrazone groups is 1. The smallest absolute Gasteiger partial charge is 0.203 e. The Morgan fingerprint density at radius 1 is 1.26 bits per heavy atom. The molecule has 0 aromatic heterocycles. The Balaban J connectivity index is 1.41. The highest BCUT2D eigenvalue weighted by Gasteiger charge is 2.17. The van der Waals surface area contributed by atoms with Crippen LogP contribution in [0, 0.1) is 0 Å². The number of hydrogen-bond acceptors (Lipinski definition) is 7. The molecular weight excluding hydrogens is 368 g/mol. The van der Waals surface area contributed by atoms with E-state index >= 15 is 0 Å². The number of rotatable bonds is 7. The van der Waals surface area contributed by atoms with Crippen LogP contribution >= 0.6 is 12.2 Å². The Morgan fingerprint density at radius 2 is 2.07 bits per heavy atom. The van der Waals surface area contributed by atoms with Crippen molar-refractivity contribution in [3.8, 4) is 17.2 Å². The standard InChI is InChI=1S/C18H26N4O4S/c1-23-15-11-14(12-16-17(15)26-10-9-25-16)13-20-21-18(27)19-3-2-4-22-5-7-24-8-6-22/h11-13H,2-10H2,1H3,(H2,19,21,27)/b20-13-. The van der Waals surface area contributed by atoms with Gasteiger partial charge in [-0.2, -0.15) is 5.10 Å². The van der Waals surface area contributed by atoms with E-state index < -0.39 is 0 Å². The Morgan fingerprint density at radius 3 is 2.89 bits per heavy atom. The van der Waals surface area contributed by atoms with Crippen molar-refractivity contribution < 1.29 is 18.9 Å². The number of nitrogens with zero attached hydrogens (tertiary/aromatic N) is 2. The first-order valence-electron chi connectivity index (χ1n) is 9.11. The lowest BCUT2D eigenvalue weighted by molar-refractivity contribution is 0.0376. The van der Waals surface area contributed by atoms with Gasteiger partial charge in [-0.3, -0.25) is 10.3 Å². The third kappa shape index (κ3) is 5.95. The van der Waals surface area contributed by atoms with Crippen molar-refractivity contribution in [2.24, 2.45) is 5.10 Å². The molecular formula is C18H26N4O4S. The molecule has 0 amide bonds. The maximum atomic E-state index is 5.61. The van der Waals surface area contributed by atoms with Gasteiger partial charge in [-0.1, -0.05) is 0 Å². The van der Waals surface area contributed by atoms with Crippen molar-refractivity contribution in [1.82, 2.24) is 15.6 Å². The van der Waals surface area contributed by atoms with Crippen LogP contribution in [-0.2, 0) is 4.74 Å². The van der Waals surface area contributed by atoms with Gasteiger partial charge >= 0.3 is 0 Å². The maximum Gasteiger partial charge on any atom is 0.203 e. The van der Waals surface area contributed by atoms with Crippen LogP contribution in [0.4, 0.5) is 0 Å². The molecule has 1 aromatic rings. The number of thiocarbonyl (C=S) groups is 1. The van der Waals surface area contributed by atoms with Gasteiger partial charge in [-0.15, -0.1) is 0 Å². The third-order valence-corrected chi connectivity index (χ3v) is 4.51. The fourth-order valence-electron chi connectivity index (χ4n) is 2.90. The number of methoxy groups -OCH3 is 1. The molecule has 2 N–H and O–H groups in total. The highest BCUT2D eigenvalue weighted by molar-refractivity contribution is 7.80. The predicted molar refractivity (Wildman–Crippen MR) is 107 cm³/mol. The summed E-state index contributed by atoms with van der Waals surface area (Å²) in [5, 5.41) is 7.84. The normalized spacial score (nSPS) is 16.9. The summed E-state index contributed by atoms with van der Waals surface area (Å²) in [7, 11) is 1.60. The molecule has 2 aliphatic heterocycles. The van der Waals surface area contributed by atoms with E-state index in [2.05, 4.69) is 20.7 Å². The topological polar surface area (TPSA) is 76.6 Å². The van der Waals surface area contributed by atoms with Crippen LogP contribution in [0.2, 0.25) is 0 Å². The van der Waals surface area contributed by atoms with Crippen LogP contribution in [-0.4, -0.2) is 75.9 Å². The number of morpholine rings is 1. The highest BCUT2D eigenvalue weighted by Crippen LogP contribution is 2.39. The summed E-state index contributed by atoms with van der Waals surface area (Å²) in [6, 6.07) is 3.71. The summed E-state index contributed by atoms with van der Waals surface area (Å²) < 4.78 is 21.9. The number of fused-ring (bicyclic) bond motifs is 1. The quantitative estimate of drug-likeness (QED) is 0.307. The minimum Gasteiger partial charge on any atom is -0.493 e. The molecule has 2 aliphatic rings. The number of benzene rings is 1. The zero-order valence-corrected chi connectivity index (χ0v) is 16.3. The second-order valence-corrected chi connectivity index (χ2v) is 6.59. The lowest BCUT2D eigenvalue weighted by Gasteiger charge is -2.26. The summed E-state index contributed by atoms with van der Waals surface area (Å²) in [5.41, 5.74) is 3.66. The Kier molecular flexibility index (Phi) is 7.49. The van der Waals surface area contributed by atoms with Gasteiger partial charge in [0.2, 0.25) is 5.75 Å². The first-order chi connectivity index (χ1) is 13.3. The first-order valence-corrected chi connectivity index (χ1v) is 9.52. The third-order valence-electron chi connectivity index (χ3n) is 4.27. The molecule has 148 valence electrons. The summed E-state index contributed by atoms with van der Waals surface area (Å²) in [6.45, 7) is 6.55. The van der Waals surface area contributed by atoms with Gasteiger partial charge in [0.15, 0.2) is 16.6 Å². The van der Waals surface area contributed by atoms with E-state index in [9.17, 15) is 0 Å². The minimum absolute atomic E-state index is 0.498. The Labute approximate surface area is 164 Å². The first kappa shape index (κ1) is 19.7. The average Bonchev–Trinajstić information content (AvgIpc) is 2.71. The summed E-state index contributed by atoms with van der Waals surface area (Å²) in [4.78, 5) is 2.40. The van der Waals surface area contributed by atoms with Crippen molar-refractivity contribution >= 4 is 23.5 Å². The molecule has 0 spiro atoms. The van der Waals surface area contributed by atoms with Crippen LogP contribution < -0.4 is 25.0 Å². The largest absolute Gasteiger partial charge is 0.493 e. The number of nitrogens with one attached hydrogen (secondary N) is 2. The molecule has 0 radical (unpaired) electrons. The van der Waals surface area contributed by atoms with Crippen LogP contribution in [0.1, 0.15) is 12.0 Å². The molecule has 0 bridgehead atoms. The van der Waals surface area contributed by atoms with Gasteiger partial charge in [0, 0.05) is 25.2 Å². The highest BCUT2D eigenvalue weighted by atomic mass is 32.1. The fourth-order valence-corrected chi connectivity index (χ4v) is 3.06. The van der Waals surface area contributed by atoms with E-state index in [1.165, 1.54) is 0 Å². The molecule has 2 heterocycles. The summed E-state index contributed by atoms with van der Waals surface area (Å²) in [6.07, 6.45) is 2.69. The zero-order chi connectivity index (χ0) is 18.9. The molecule has 0 atom stereocenters. The number of ether oxygens (including phenoxy) is 4. The van der Waals surface area contributed by atoms with Gasteiger partial charge in [-0.05, 0) is 37.3 Å². The fraction of sp³-hybridized carbons (Fsp3) is 0.556. The summed E-state index contributed by atoms with van der Waals surface area (Å²) >= 11 is 5.25. The molecule has 0 aliphatic carbocycles. The second kappa shape index (κ2) is 10.3. The van der Waals surface area contributed by atoms with Crippen molar-refractivity contribution in [2.75, 3.05) is 59.7 Å². The average molecular weight is 394 g/mol. The second-order valence-electron chi connectivity index (χ2n) is 6.18. The molecule has 8 nitrogen and oxygen atoms in total. The molecule has 27 heavy (non-hydrogen) atoms. The van der Waals surface area contributed by atoms with E-state index in [1.807, 2.05) is 12.1 Å². The molecule has 3 rings (SSSR count). The van der Waals surface area contributed by atoms with E-state index in [0.717, 1.165) is 51.4 Å². The number of hydrogen-bond donors (Lipinski definition) is 2. The van der Waals surface area contributed by atoms with E-state index in [0.29, 0.717) is 35.6 Å². The lowest BCUT2D eigenvalue weighted by atomic mass is 10.2. The van der Waals surface area contributed by atoms with Gasteiger partial charge in [0.05, 0.1) is 26.5 Å². The van der Waals surface area contributed by atoms with Crippen molar-refractivity contribution in [1.29, 1.82) is 0 Å². The predicted octanol–water partition coefficient (Wildman–Crippen LogP) is 0.987. The molecule has 1 fully saturated rings. The maximum absolute atomic E-state index is 5.61. The van der Waals surface area contributed by atoms with Crippen molar-refractivity contribution in [3.05, 3.63) is 17.7 Å². The van der Waals surface area contributed by atoms with Crippen LogP contribution in [0.25, 0.3) is 0 Å². The van der Waals surface area contributed by atoms with E-state index in [4.69, 9.17) is 31.2 Å². The summed E-state index contributed by atoms with van der Waals surface area (Å²) in [5.74, 6) is 1.91. The Bertz CT molecular complexity index is 648. The van der Waals surface area contributed by atoms with Gasteiger partial charge in [0.1, 0.15) is 13.2 Å². The minimum atomic E-state index is 0.498. The molecule has 0 unspecified atom stereocenters. The lowest BCUT2D eigenvalue weighted by Crippen LogP contribution is -2.39. The van der Waals surface area contributed by atoms with Crippen molar-refractivity contribution in [2.45, 2.75) is 6.42 Å². The molecule has 9 heteroatoms. The van der Waals surface area contributed by atoms with Crippen molar-refractivity contribution in [3.63, 3.8) is 0 Å². The van der Waals surface area contributed by atoms with E-state index in [-0.39, 0.29) is 0 Å². The molecule has 0 saturated carbocycles. The monoisotopic (exact) mass is 394 g/mol.